The van der Waals surface area contributed by atoms with Crippen LogP contribution in [0, 0.1) is 30.6 Å². The van der Waals surface area contributed by atoms with Crippen molar-refractivity contribution in [1.29, 1.82) is 0 Å². The van der Waals surface area contributed by atoms with Gasteiger partial charge in [-0.2, -0.15) is 0 Å². The van der Waals surface area contributed by atoms with Crippen LogP contribution in [0.15, 0.2) is 0 Å². The normalized spacial score (nSPS) is 47.2. The zero-order chi connectivity index (χ0) is 12.0. The van der Waals surface area contributed by atoms with Gasteiger partial charge in [-0.05, 0) is 69.1 Å². The molecule has 4 rings (SSSR count). The van der Waals surface area contributed by atoms with E-state index < -0.39 is 0 Å². The molecule has 2 heteroatoms. The topological polar surface area (TPSA) is 26.3 Å². The molecule has 0 aliphatic heterocycles. The van der Waals surface area contributed by atoms with Crippen molar-refractivity contribution in [3.05, 3.63) is 6.92 Å². The smallest absolute Gasteiger partial charge is 0.306 e. The van der Waals surface area contributed by atoms with E-state index in [1.165, 1.54) is 32.1 Å². The maximum Gasteiger partial charge on any atom is 0.306 e. The highest BCUT2D eigenvalue weighted by molar-refractivity contribution is 5.70. The Bertz CT molecular complexity index is 293. The van der Waals surface area contributed by atoms with E-state index in [0.717, 1.165) is 18.3 Å². The zero-order valence-corrected chi connectivity index (χ0v) is 10.8. The number of carbonyl (C=O) groups is 1. The lowest BCUT2D eigenvalue weighted by Gasteiger charge is -2.60. The van der Waals surface area contributed by atoms with Crippen molar-refractivity contribution in [2.75, 3.05) is 0 Å². The van der Waals surface area contributed by atoms with Crippen molar-refractivity contribution in [2.24, 2.45) is 23.7 Å². The van der Waals surface area contributed by atoms with Gasteiger partial charge in [0.1, 0.15) is 5.60 Å². The Hall–Kier alpha value is -0.530. The van der Waals surface area contributed by atoms with Crippen LogP contribution in [0.25, 0.3) is 0 Å². The summed E-state index contributed by atoms with van der Waals surface area (Å²) in [5.41, 5.74) is -0.123. The number of rotatable bonds is 3. The fraction of sp³-hybridized carbons (Fsp3) is 0.867. The maximum absolute atomic E-state index is 11.7. The van der Waals surface area contributed by atoms with E-state index >= 15 is 0 Å². The summed E-state index contributed by atoms with van der Waals surface area (Å²) in [4.78, 5) is 11.7. The van der Waals surface area contributed by atoms with Gasteiger partial charge in [0, 0.05) is 6.42 Å². The maximum atomic E-state index is 11.7. The SMILES string of the molecule is [CH2]CC(=O)OC1(CC)C2CC3CC(C2)CC1C3. The van der Waals surface area contributed by atoms with E-state index in [4.69, 9.17) is 4.74 Å². The summed E-state index contributed by atoms with van der Waals surface area (Å²) in [6, 6.07) is 0. The molecule has 0 aromatic heterocycles. The van der Waals surface area contributed by atoms with Gasteiger partial charge in [0.2, 0.25) is 0 Å². The van der Waals surface area contributed by atoms with Gasteiger partial charge in [0.25, 0.3) is 0 Å². The molecule has 0 spiro atoms. The van der Waals surface area contributed by atoms with E-state index in [1.807, 2.05) is 0 Å². The number of hydrogen-bond donors (Lipinski definition) is 0. The lowest BCUT2D eigenvalue weighted by atomic mass is 9.49. The van der Waals surface area contributed by atoms with Crippen molar-refractivity contribution in [1.82, 2.24) is 0 Å². The molecular formula is C15H23O2. The lowest BCUT2D eigenvalue weighted by Crippen LogP contribution is -2.59. The molecule has 4 aliphatic carbocycles. The Kier molecular flexibility index (Phi) is 2.72. The predicted molar refractivity (Wildman–Crippen MR) is 66.1 cm³/mol. The van der Waals surface area contributed by atoms with Gasteiger partial charge in [0.05, 0.1) is 0 Å². The quantitative estimate of drug-likeness (QED) is 0.701. The monoisotopic (exact) mass is 235 g/mol. The third kappa shape index (κ3) is 1.63. The molecule has 0 heterocycles. The van der Waals surface area contributed by atoms with Crippen LogP contribution in [-0.2, 0) is 9.53 Å². The highest BCUT2D eigenvalue weighted by Crippen LogP contribution is 2.60. The molecule has 4 bridgehead atoms. The van der Waals surface area contributed by atoms with Crippen LogP contribution < -0.4 is 0 Å². The second-order valence-corrected chi connectivity index (χ2v) is 6.34. The van der Waals surface area contributed by atoms with Crippen LogP contribution in [0.4, 0.5) is 0 Å². The summed E-state index contributed by atoms with van der Waals surface area (Å²) >= 11 is 0. The van der Waals surface area contributed by atoms with Gasteiger partial charge in [-0.15, -0.1) is 0 Å². The third-order valence-corrected chi connectivity index (χ3v) is 5.58. The summed E-state index contributed by atoms with van der Waals surface area (Å²) in [5.74, 6) is 3.03. The van der Waals surface area contributed by atoms with E-state index in [2.05, 4.69) is 13.8 Å². The summed E-state index contributed by atoms with van der Waals surface area (Å²) in [6.07, 6.45) is 7.89. The van der Waals surface area contributed by atoms with E-state index in [1.54, 1.807) is 0 Å². The Balaban J connectivity index is 1.86. The van der Waals surface area contributed by atoms with E-state index in [-0.39, 0.29) is 18.0 Å². The molecule has 0 atom stereocenters. The summed E-state index contributed by atoms with van der Waals surface area (Å²) < 4.78 is 5.91. The Labute approximate surface area is 104 Å². The largest absolute Gasteiger partial charge is 0.458 e. The Morgan fingerprint density at radius 2 is 1.71 bits per heavy atom. The molecule has 0 unspecified atom stereocenters. The molecule has 0 amide bonds. The van der Waals surface area contributed by atoms with Crippen molar-refractivity contribution < 1.29 is 9.53 Å². The minimum absolute atomic E-state index is 0.0978. The van der Waals surface area contributed by atoms with Gasteiger partial charge >= 0.3 is 5.97 Å². The Morgan fingerprint density at radius 1 is 1.18 bits per heavy atom. The second kappa shape index (κ2) is 4.00. The standard InChI is InChI=1S/C15H23O2/c1-3-14(16)17-15(4-2)12-6-10-5-11(8-12)9-13(15)7-10/h10-13H,1,3-9H2,2H3. The van der Waals surface area contributed by atoms with Crippen LogP contribution in [0.3, 0.4) is 0 Å². The molecule has 0 aromatic carbocycles. The number of esters is 1. The molecule has 4 fully saturated rings. The fourth-order valence-electron chi connectivity index (χ4n) is 5.06. The number of carbonyl (C=O) groups excluding carboxylic acids is 1. The van der Waals surface area contributed by atoms with Gasteiger partial charge in [-0.1, -0.05) is 6.92 Å². The number of ether oxygens (including phenoxy) is 1. The minimum Gasteiger partial charge on any atom is -0.458 e. The molecule has 0 N–H and O–H groups in total. The molecule has 0 aromatic rings. The van der Waals surface area contributed by atoms with Crippen LogP contribution in [0.5, 0.6) is 0 Å². The van der Waals surface area contributed by atoms with Crippen LogP contribution in [0.2, 0.25) is 0 Å². The molecule has 4 aliphatic rings. The molecule has 95 valence electrons. The highest BCUT2D eigenvalue weighted by Gasteiger charge is 2.58. The van der Waals surface area contributed by atoms with Crippen LogP contribution >= 0.6 is 0 Å². The summed E-state index contributed by atoms with van der Waals surface area (Å²) in [6.45, 7) is 5.85. The first-order valence-corrected chi connectivity index (χ1v) is 7.19. The highest BCUT2D eigenvalue weighted by atomic mass is 16.6. The minimum atomic E-state index is -0.123. The van der Waals surface area contributed by atoms with E-state index in [9.17, 15) is 4.79 Å². The molecule has 4 saturated carbocycles. The second-order valence-electron chi connectivity index (χ2n) is 6.34. The average Bonchev–Trinajstić information content (AvgIpc) is 2.33. The number of hydrogen-bond acceptors (Lipinski definition) is 2. The lowest BCUT2D eigenvalue weighted by molar-refractivity contribution is -0.210. The summed E-state index contributed by atoms with van der Waals surface area (Å²) in [5, 5.41) is 0. The molecule has 1 radical (unpaired) electrons. The summed E-state index contributed by atoms with van der Waals surface area (Å²) in [7, 11) is 0. The molecule has 2 nitrogen and oxygen atoms in total. The van der Waals surface area contributed by atoms with Gasteiger partial charge in [0.15, 0.2) is 0 Å². The van der Waals surface area contributed by atoms with Crippen LogP contribution in [0.1, 0.15) is 51.9 Å². The molecular weight excluding hydrogens is 212 g/mol. The van der Waals surface area contributed by atoms with Gasteiger partial charge in [-0.25, -0.2) is 0 Å². The van der Waals surface area contributed by atoms with Crippen molar-refractivity contribution >= 4 is 5.97 Å². The van der Waals surface area contributed by atoms with Gasteiger partial charge < -0.3 is 4.74 Å². The molecule has 17 heavy (non-hydrogen) atoms. The third-order valence-electron chi connectivity index (χ3n) is 5.58. The van der Waals surface area contributed by atoms with Gasteiger partial charge in [-0.3, -0.25) is 4.79 Å². The first kappa shape index (κ1) is 11.6. The van der Waals surface area contributed by atoms with Crippen molar-refractivity contribution in [3.63, 3.8) is 0 Å². The predicted octanol–water partition coefficient (Wildman–Crippen LogP) is 3.36. The average molecular weight is 235 g/mol. The zero-order valence-electron chi connectivity index (χ0n) is 10.8. The molecule has 0 saturated heterocycles. The Morgan fingerprint density at radius 3 is 2.12 bits per heavy atom. The first-order valence-electron chi connectivity index (χ1n) is 7.19. The first-order chi connectivity index (χ1) is 8.18. The van der Waals surface area contributed by atoms with Crippen molar-refractivity contribution in [3.8, 4) is 0 Å². The fourth-order valence-corrected chi connectivity index (χ4v) is 5.06. The van der Waals surface area contributed by atoms with E-state index in [0.29, 0.717) is 11.8 Å². The van der Waals surface area contributed by atoms with Crippen molar-refractivity contribution in [2.45, 2.75) is 57.5 Å². The van der Waals surface area contributed by atoms with Crippen LogP contribution in [-0.4, -0.2) is 11.6 Å².